The van der Waals surface area contributed by atoms with Crippen LogP contribution in [0, 0.1) is 18.6 Å². The number of carbonyl (C=O) groups is 1. The molecule has 0 radical (unpaired) electrons. The number of carbonyl (C=O) groups excluding carboxylic acids is 1. The van der Waals surface area contributed by atoms with E-state index < -0.39 is 17.5 Å². The van der Waals surface area contributed by atoms with E-state index in [1.54, 1.807) is 30.3 Å². The van der Waals surface area contributed by atoms with Gasteiger partial charge in [0.05, 0.1) is 12.3 Å². The predicted octanol–water partition coefficient (Wildman–Crippen LogP) is 6.16. The highest BCUT2D eigenvalue weighted by Gasteiger charge is 2.14. The first-order valence-corrected chi connectivity index (χ1v) is 9.66. The largest absolute Gasteiger partial charge is 0.493 e. The van der Waals surface area contributed by atoms with Gasteiger partial charge in [0.25, 0.3) is 5.91 Å². The van der Waals surface area contributed by atoms with E-state index in [4.69, 9.17) is 21.1 Å². The van der Waals surface area contributed by atoms with Gasteiger partial charge in [-0.15, -0.1) is 0 Å². The molecule has 4 nitrogen and oxygen atoms in total. The van der Waals surface area contributed by atoms with Gasteiger partial charge in [-0.25, -0.2) is 8.78 Å². The van der Waals surface area contributed by atoms with E-state index >= 15 is 0 Å². The smallest absolute Gasteiger partial charge is 0.255 e. The summed E-state index contributed by atoms with van der Waals surface area (Å²) in [6, 6.07) is 13.1. The van der Waals surface area contributed by atoms with Crippen molar-refractivity contribution >= 4 is 23.2 Å². The van der Waals surface area contributed by atoms with E-state index in [2.05, 4.69) is 5.32 Å². The van der Waals surface area contributed by atoms with E-state index in [0.717, 1.165) is 11.6 Å². The second-order valence-corrected chi connectivity index (χ2v) is 6.94. The Kier molecular flexibility index (Phi) is 6.90. The summed E-state index contributed by atoms with van der Waals surface area (Å²) in [4.78, 5) is 12.6. The molecule has 7 heteroatoms. The molecule has 1 N–H and O–H groups in total. The zero-order valence-corrected chi connectivity index (χ0v) is 17.2. The quantitative estimate of drug-likeness (QED) is 0.487. The summed E-state index contributed by atoms with van der Waals surface area (Å²) in [5.74, 6) is -0.901. The second-order valence-electron chi connectivity index (χ2n) is 6.53. The zero-order valence-electron chi connectivity index (χ0n) is 16.5. The van der Waals surface area contributed by atoms with Crippen LogP contribution < -0.4 is 14.8 Å². The Hall–Kier alpha value is -3.12. The number of nitrogens with one attached hydrogen (secondary N) is 1. The third-order valence-corrected chi connectivity index (χ3v) is 4.75. The SMILES string of the molecule is CCOc1ccc(C(=O)Nc2ccc(F)cc2F)cc1COc1ccc(Cl)c(C)c1. The van der Waals surface area contributed by atoms with E-state index in [-0.39, 0.29) is 17.9 Å². The number of amides is 1. The number of benzene rings is 3. The van der Waals surface area contributed by atoms with Crippen LogP contribution in [0.25, 0.3) is 0 Å². The van der Waals surface area contributed by atoms with Crippen molar-refractivity contribution in [3.8, 4) is 11.5 Å². The van der Waals surface area contributed by atoms with E-state index in [9.17, 15) is 13.6 Å². The molecule has 0 fully saturated rings. The van der Waals surface area contributed by atoms with Gasteiger partial charge in [-0.05, 0) is 67.9 Å². The normalized spacial score (nSPS) is 10.6. The molecule has 0 atom stereocenters. The molecule has 3 rings (SSSR count). The Balaban J connectivity index is 1.80. The Morgan fingerprint density at radius 3 is 2.53 bits per heavy atom. The summed E-state index contributed by atoms with van der Waals surface area (Å²) in [5.41, 5.74) is 1.71. The molecule has 1 amide bonds. The lowest BCUT2D eigenvalue weighted by Crippen LogP contribution is -2.14. The average molecular weight is 432 g/mol. The lowest BCUT2D eigenvalue weighted by Gasteiger charge is -2.14. The monoisotopic (exact) mass is 431 g/mol. The molecular weight excluding hydrogens is 412 g/mol. The van der Waals surface area contributed by atoms with Gasteiger partial charge in [0.1, 0.15) is 29.7 Å². The van der Waals surface area contributed by atoms with Crippen molar-refractivity contribution in [3.63, 3.8) is 0 Å². The summed E-state index contributed by atoms with van der Waals surface area (Å²) in [6.45, 7) is 4.33. The van der Waals surface area contributed by atoms with Gasteiger partial charge in [0.2, 0.25) is 0 Å². The first-order chi connectivity index (χ1) is 14.4. The van der Waals surface area contributed by atoms with Crippen LogP contribution in [0.2, 0.25) is 5.02 Å². The molecule has 3 aromatic rings. The molecular formula is C23H20ClF2NO3. The minimum Gasteiger partial charge on any atom is -0.493 e. The molecule has 3 aromatic carbocycles. The molecule has 0 saturated carbocycles. The molecule has 0 saturated heterocycles. The Labute approximate surface area is 178 Å². The zero-order chi connectivity index (χ0) is 21.7. The molecule has 0 aromatic heterocycles. The molecule has 0 heterocycles. The highest BCUT2D eigenvalue weighted by molar-refractivity contribution is 6.31. The number of anilines is 1. The van der Waals surface area contributed by atoms with Gasteiger partial charge >= 0.3 is 0 Å². The molecule has 30 heavy (non-hydrogen) atoms. The van der Waals surface area contributed by atoms with Crippen LogP contribution in [0.1, 0.15) is 28.4 Å². The van der Waals surface area contributed by atoms with Crippen LogP contribution in [-0.2, 0) is 6.61 Å². The van der Waals surface area contributed by atoms with Gasteiger partial charge in [0.15, 0.2) is 0 Å². The lowest BCUT2D eigenvalue weighted by atomic mass is 10.1. The average Bonchev–Trinajstić information content (AvgIpc) is 2.72. The second kappa shape index (κ2) is 9.59. The van der Waals surface area contributed by atoms with Gasteiger partial charge in [-0.2, -0.15) is 0 Å². The first-order valence-electron chi connectivity index (χ1n) is 9.28. The van der Waals surface area contributed by atoms with E-state index in [0.29, 0.717) is 34.8 Å². The van der Waals surface area contributed by atoms with Crippen LogP contribution in [0.3, 0.4) is 0 Å². The van der Waals surface area contributed by atoms with Crippen LogP contribution in [0.4, 0.5) is 14.5 Å². The van der Waals surface area contributed by atoms with Gasteiger partial charge in [-0.1, -0.05) is 11.6 Å². The lowest BCUT2D eigenvalue weighted by molar-refractivity contribution is 0.102. The third-order valence-electron chi connectivity index (χ3n) is 4.33. The minimum absolute atomic E-state index is 0.107. The van der Waals surface area contributed by atoms with Crippen molar-refractivity contribution in [1.29, 1.82) is 0 Å². The maximum Gasteiger partial charge on any atom is 0.255 e. The molecule has 0 bridgehead atoms. The van der Waals surface area contributed by atoms with Crippen LogP contribution in [-0.4, -0.2) is 12.5 Å². The Morgan fingerprint density at radius 2 is 1.83 bits per heavy atom. The fourth-order valence-corrected chi connectivity index (χ4v) is 2.90. The van der Waals surface area contributed by atoms with Crippen LogP contribution in [0.15, 0.2) is 54.6 Å². The van der Waals surface area contributed by atoms with Crippen molar-refractivity contribution in [2.24, 2.45) is 0 Å². The summed E-state index contributed by atoms with van der Waals surface area (Å²) in [6.07, 6.45) is 0. The molecule has 0 spiro atoms. The number of rotatable bonds is 7. The number of ether oxygens (including phenoxy) is 2. The predicted molar refractivity (Wildman–Crippen MR) is 112 cm³/mol. The standard InChI is InChI=1S/C23H20ClF2NO3/c1-3-29-22-9-4-15(23(28)27-21-8-5-17(25)12-20(21)26)11-16(22)13-30-18-6-7-19(24)14(2)10-18/h4-12H,3,13H2,1-2H3,(H,27,28). The van der Waals surface area contributed by atoms with Gasteiger partial charge in [-0.3, -0.25) is 4.79 Å². The molecule has 0 aliphatic heterocycles. The highest BCUT2D eigenvalue weighted by atomic mass is 35.5. The first kappa shape index (κ1) is 21.6. The van der Waals surface area contributed by atoms with Gasteiger partial charge < -0.3 is 14.8 Å². The Morgan fingerprint density at radius 1 is 1.03 bits per heavy atom. The highest BCUT2D eigenvalue weighted by Crippen LogP contribution is 2.26. The van der Waals surface area contributed by atoms with Crippen molar-refractivity contribution < 1.29 is 23.0 Å². The third kappa shape index (κ3) is 5.27. The fraction of sp³-hybridized carbons (Fsp3) is 0.174. The van der Waals surface area contributed by atoms with Crippen molar-refractivity contribution in [2.75, 3.05) is 11.9 Å². The molecule has 0 aliphatic carbocycles. The maximum atomic E-state index is 13.8. The van der Waals surface area contributed by atoms with E-state index in [1.165, 1.54) is 6.07 Å². The maximum absolute atomic E-state index is 13.8. The Bertz CT molecular complexity index is 1070. The van der Waals surface area contributed by atoms with Crippen LogP contribution >= 0.6 is 11.6 Å². The summed E-state index contributed by atoms with van der Waals surface area (Å²) in [7, 11) is 0. The van der Waals surface area contributed by atoms with Gasteiger partial charge in [0, 0.05) is 22.2 Å². The summed E-state index contributed by atoms with van der Waals surface area (Å²) in [5, 5.41) is 3.09. The van der Waals surface area contributed by atoms with Crippen LogP contribution in [0.5, 0.6) is 11.5 Å². The number of hydrogen-bond acceptors (Lipinski definition) is 3. The fourth-order valence-electron chi connectivity index (χ4n) is 2.78. The van der Waals surface area contributed by atoms with Crippen molar-refractivity contribution in [3.05, 3.63) is 87.9 Å². The topological polar surface area (TPSA) is 47.6 Å². The number of aryl methyl sites for hydroxylation is 1. The summed E-state index contributed by atoms with van der Waals surface area (Å²) < 4.78 is 38.3. The number of hydrogen-bond donors (Lipinski definition) is 1. The number of halogens is 3. The summed E-state index contributed by atoms with van der Waals surface area (Å²) >= 11 is 6.04. The molecule has 0 unspecified atom stereocenters. The molecule has 156 valence electrons. The molecule has 0 aliphatic rings. The van der Waals surface area contributed by atoms with E-state index in [1.807, 2.05) is 19.9 Å². The van der Waals surface area contributed by atoms with Crippen molar-refractivity contribution in [1.82, 2.24) is 0 Å². The minimum atomic E-state index is -0.851. The van der Waals surface area contributed by atoms with Crippen molar-refractivity contribution in [2.45, 2.75) is 20.5 Å².